The van der Waals surface area contributed by atoms with Crippen LogP contribution >= 0.6 is 0 Å². The number of hydrogen-bond acceptors (Lipinski definition) is 5. The van der Waals surface area contributed by atoms with Crippen LogP contribution in [-0.2, 0) is 10.0 Å². The third-order valence-electron chi connectivity index (χ3n) is 3.52. The van der Waals surface area contributed by atoms with Crippen LogP contribution in [0.15, 0.2) is 53.7 Å². The molecule has 1 aliphatic heterocycles. The Morgan fingerprint density at radius 3 is 2.70 bits per heavy atom. The van der Waals surface area contributed by atoms with Crippen molar-refractivity contribution < 1.29 is 17.9 Å². The van der Waals surface area contributed by atoms with Gasteiger partial charge in [-0.3, -0.25) is 4.98 Å². The molecule has 1 aromatic carbocycles. The first-order valence-corrected chi connectivity index (χ1v) is 8.84. The quantitative estimate of drug-likeness (QED) is 0.807. The van der Waals surface area contributed by atoms with Gasteiger partial charge in [0.1, 0.15) is 22.5 Å². The summed E-state index contributed by atoms with van der Waals surface area (Å²) in [4.78, 5) is 4.17. The number of para-hydroxylation sites is 1. The first kappa shape index (κ1) is 15.8. The Kier molecular flexibility index (Phi) is 4.49. The Bertz CT molecular complexity index is 759. The van der Waals surface area contributed by atoms with E-state index < -0.39 is 10.0 Å². The van der Waals surface area contributed by atoms with Crippen LogP contribution in [-0.4, -0.2) is 43.5 Å². The van der Waals surface area contributed by atoms with Crippen LogP contribution in [0, 0.1) is 0 Å². The first-order valence-electron chi connectivity index (χ1n) is 7.40. The standard InChI is InChI=1S/C16H18N2O4S/c1-2-21-15-7-3-4-8-16(15)23(19,20)18-11-14(12-18)22-13-6-5-9-17-10-13/h3-10,14H,2,11-12H2,1H3. The van der Waals surface area contributed by atoms with Gasteiger partial charge in [0.2, 0.25) is 10.0 Å². The lowest BCUT2D eigenvalue weighted by Gasteiger charge is -2.37. The largest absolute Gasteiger partial charge is 0.492 e. The monoisotopic (exact) mass is 334 g/mol. The number of aromatic nitrogens is 1. The second kappa shape index (κ2) is 6.55. The predicted octanol–water partition coefficient (Wildman–Crippen LogP) is 1.93. The summed E-state index contributed by atoms with van der Waals surface area (Å²) in [5, 5.41) is 0. The van der Waals surface area contributed by atoms with E-state index in [9.17, 15) is 8.42 Å². The lowest BCUT2D eigenvalue weighted by molar-refractivity contribution is 0.0757. The zero-order valence-electron chi connectivity index (χ0n) is 12.8. The van der Waals surface area contributed by atoms with Crippen molar-refractivity contribution in [1.29, 1.82) is 0 Å². The topological polar surface area (TPSA) is 68.7 Å². The normalized spacial score (nSPS) is 15.9. The average molecular weight is 334 g/mol. The molecule has 1 fully saturated rings. The van der Waals surface area contributed by atoms with E-state index in [1.165, 1.54) is 4.31 Å². The van der Waals surface area contributed by atoms with Crippen LogP contribution in [0.3, 0.4) is 0 Å². The van der Waals surface area contributed by atoms with E-state index in [0.29, 0.717) is 31.2 Å². The molecule has 23 heavy (non-hydrogen) atoms. The van der Waals surface area contributed by atoms with Crippen molar-refractivity contribution in [2.45, 2.75) is 17.9 Å². The molecule has 1 aliphatic rings. The van der Waals surface area contributed by atoms with Crippen molar-refractivity contribution in [3.05, 3.63) is 48.8 Å². The van der Waals surface area contributed by atoms with E-state index >= 15 is 0 Å². The van der Waals surface area contributed by atoms with Crippen molar-refractivity contribution in [3.63, 3.8) is 0 Å². The van der Waals surface area contributed by atoms with E-state index in [0.717, 1.165) is 0 Å². The molecule has 0 amide bonds. The Morgan fingerprint density at radius 2 is 2.00 bits per heavy atom. The van der Waals surface area contributed by atoms with Crippen LogP contribution in [0.1, 0.15) is 6.92 Å². The van der Waals surface area contributed by atoms with E-state index in [1.54, 1.807) is 48.8 Å². The first-order chi connectivity index (χ1) is 11.1. The molecule has 0 radical (unpaired) electrons. The smallest absolute Gasteiger partial charge is 0.247 e. The molecule has 2 aromatic rings. The number of pyridine rings is 1. The van der Waals surface area contributed by atoms with Crippen LogP contribution in [0.5, 0.6) is 11.5 Å². The summed E-state index contributed by atoms with van der Waals surface area (Å²) >= 11 is 0. The summed E-state index contributed by atoms with van der Waals surface area (Å²) < 4.78 is 37.9. The number of benzene rings is 1. The molecule has 122 valence electrons. The van der Waals surface area contributed by atoms with E-state index in [-0.39, 0.29) is 11.0 Å². The number of hydrogen-bond donors (Lipinski definition) is 0. The van der Waals surface area contributed by atoms with E-state index in [2.05, 4.69) is 4.98 Å². The van der Waals surface area contributed by atoms with Gasteiger partial charge >= 0.3 is 0 Å². The molecule has 2 heterocycles. The summed E-state index contributed by atoms with van der Waals surface area (Å²) in [6.07, 6.45) is 3.12. The van der Waals surface area contributed by atoms with Gasteiger partial charge in [-0.2, -0.15) is 4.31 Å². The van der Waals surface area contributed by atoms with Crippen molar-refractivity contribution in [3.8, 4) is 11.5 Å². The molecular formula is C16H18N2O4S. The van der Waals surface area contributed by atoms with Gasteiger partial charge in [0, 0.05) is 6.20 Å². The van der Waals surface area contributed by atoms with Crippen LogP contribution in [0.4, 0.5) is 0 Å². The summed E-state index contributed by atoms with van der Waals surface area (Å²) in [5.74, 6) is 1.02. The highest BCUT2D eigenvalue weighted by molar-refractivity contribution is 7.89. The molecule has 6 nitrogen and oxygen atoms in total. The highest BCUT2D eigenvalue weighted by atomic mass is 32.2. The van der Waals surface area contributed by atoms with Gasteiger partial charge in [-0.05, 0) is 31.2 Å². The molecule has 0 spiro atoms. The highest BCUT2D eigenvalue weighted by Crippen LogP contribution is 2.30. The predicted molar refractivity (Wildman–Crippen MR) is 85.0 cm³/mol. The molecule has 0 atom stereocenters. The number of nitrogens with zero attached hydrogens (tertiary/aromatic N) is 2. The molecule has 0 aliphatic carbocycles. The summed E-state index contributed by atoms with van der Waals surface area (Å²) in [5.41, 5.74) is 0. The lowest BCUT2D eigenvalue weighted by Crippen LogP contribution is -2.56. The fourth-order valence-corrected chi connectivity index (χ4v) is 3.99. The molecule has 0 saturated carbocycles. The Hall–Kier alpha value is -2.12. The van der Waals surface area contributed by atoms with Crippen LogP contribution in [0.25, 0.3) is 0 Å². The SMILES string of the molecule is CCOc1ccccc1S(=O)(=O)N1CC(Oc2cccnc2)C1. The summed E-state index contributed by atoms with van der Waals surface area (Å²) in [6.45, 7) is 2.87. The van der Waals surface area contributed by atoms with Gasteiger partial charge in [-0.25, -0.2) is 8.42 Å². The second-order valence-corrected chi connectivity index (χ2v) is 7.04. The van der Waals surface area contributed by atoms with Gasteiger partial charge < -0.3 is 9.47 Å². The van der Waals surface area contributed by atoms with Gasteiger partial charge in [0.15, 0.2) is 0 Å². The minimum absolute atomic E-state index is 0.159. The zero-order chi connectivity index (χ0) is 16.3. The summed E-state index contributed by atoms with van der Waals surface area (Å²) in [7, 11) is -3.57. The zero-order valence-corrected chi connectivity index (χ0v) is 13.6. The number of rotatable bonds is 6. The molecular weight excluding hydrogens is 316 g/mol. The second-order valence-electron chi connectivity index (χ2n) is 5.13. The van der Waals surface area contributed by atoms with Gasteiger partial charge in [-0.15, -0.1) is 0 Å². The molecule has 1 aromatic heterocycles. The fourth-order valence-electron chi connectivity index (χ4n) is 2.36. The van der Waals surface area contributed by atoms with Crippen molar-refractivity contribution in [2.75, 3.05) is 19.7 Å². The molecule has 0 bridgehead atoms. The molecule has 1 saturated heterocycles. The van der Waals surface area contributed by atoms with E-state index in [1.807, 2.05) is 6.92 Å². The van der Waals surface area contributed by atoms with E-state index in [4.69, 9.17) is 9.47 Å². The molecule has 3 rings (SSSR count). The minimum atomic E-state index is -3.57. The Morgan fingerprint density at radius 1 is 1.22 bits per heavy atom. The van der Waals surface area contributed by atoms with Gasteiger partial charge in [-0.1, -0.05) is 12.1 Å². The molecule has 7 heteroatoms. The van der Waals surface area contributed by atoms with Crippen LogP contribution < -0.4 is 9.47 Å². The highest BCUT2D eigenvalue weighted by Gasteiger charge is 2.39. The maximum atomic E-state index is 12.7. The van der Waals surface area contributed by atoms with Crippen molar-refractivity contribution in [1.82, 2.24) is 9.29 Å². The molecule has 0 unspecified atom stereocenters. The Balaban J connectivity index is 1.69. The third kappa shape index (κ3) is 3.30. The Labute approximate surface area is 135 Å². The third-order valence-corrected chi connectivity index (χ3v) is 5.39. The lowest BCUT2D eigenvalue weighted by atomic mass is 10.2. The van der Waals surface area contributed by atoms with Crippen molar-refractivity contribution >= 4 is 10.0 Å². The maximum absolute atomic E-state index is 12.7. The minimum Gasteiger partial charge on any atom is -0.492 e. The fraction of sp³-hybridized carbons (Fsp3) is 0.312. The van der Waals surface area contributed by atoms with Crippen LogP contribution in [0.2, 0.25) is 0 Å². The van der Waals surface area contributed by atoms with Gasteiger partial charge in [0.25, 0.3) is 0 Å². The maximum Gasteiger partial charge on any atom is 0.247 e. The number of ether oxygens (including phenoxy) is 2. The van der Waals surface area contributed by atoms with Crippen molar-refractivity contribution in [2.24, 2.45) is 0 Å². The average Bonchev–Trinajstić information content (AvgIpc) is 2.52. The van der Waals surface area contributed by atoms with Gasteiger partial charge in [0.05, 0.1) is 25.9 Å². The number of sulfonamides is 1. The molecule has 0 N–H and O–H groups in total. The summed E-state index contributed by atoms with van der Waals surface area (Å²) in [6, 6.07) is 10.3.